The molecule has 4 nitrogen and oxygen atoms in total. The smallest absolute Gasteiger partial charge is 0.272 e. The lowest BCUT2D eigenvalue weighted by molar-refractivity contribution is 0.590. The summed E-state index contributed by atoms with van der Waals surface area (Å²) in [7, 11) is 0. The molecule has 2 aromatic carbocycles. The van der Waals surface area contributed by atoms with Crippen LogP contribution < -0.4 is 21.8 Å². The van der Waals surface area contributed by atoms with Crippen LogP contribution in [0.3, 0.4) is 0 Å². The van der Waals surface area contributed by atoms with Crippen molar-refractivity contribution in [1.29, 1.82) is 0 Å². The Bertz CT molecular complexity index is 1150. The van der Waals surface area contributed by atoms with Gasteiger partial charge in [0, 0.05) is 0 Å². The minimum absolute atomic E-state index is 0.0121. The molecule has 3 rings (SSSR count). The number of aromatic nitrogens is 2. The van der Waals surface area contributed by atoms with Gasteiger partial charge < -0.3 is 9.97 Å². The number of hydrogen-bond acceptors (Lipinski definition) is 2. The van der Waals surface area contributed by atoms with E-state index >= 15 is 0 Å². The molecule has 132 valence electrons. The topological polar surface area (TPSA) is 65.7 Å². The van der Waals surface area contributed by atoms with Crippen molar-refractivity contribution in [2.24, 2.45) is 0 Å². The molecule has 0 saturated heterocycles. The molecule has 3 aromatic rings. The molecule has 2 N–H and O–H groups in total. The van der Waals surface area contributed by atoms with Crippen LogP contribution in [0, 0.1) is 0 Å². The Hall–Kier alpha value is -3.14. The fourth-order valence-corrected chi connectivity index (χ4v) is 2.67. The Labute approximate surface area is 151 Å². The van der Waals surface area contributed by atoms with E-state index in [0.29, 0.717) is 0 Å². The molecule has 0 saturated carbocycles. The van der Waals surface area contributed by atoms with Crippen molar-refractivity contribution in [3.05, 3.63) is 103 Å². The predicted molar refractivity (Wildman–Crippen MR) is 106 cm³/mol. The van der Waals surface area contributed by atoms with Gasteiger partial charge in [-0.25, -0.2) is 0 Å². The molecule has 0 aliphatic heterocycles. The Balaban J connectivity index is 2.10. The highest BCUT2D eigenvalue weighted by molar-refractivity contribution is 5.50. The molecular weight excluding hydrogens is 324 g/mol. The van der Waals surface area contributed by atoms with E-state index in [1.165, 1.54) is 5.56 Å². The fraction of sp³-hybridized carbons (Fsp3) is 0.182. The Morgan fingerprint density at radius 1 is 0.731 bits per heavy atom. The monoisotopic (exact) mass is 346 g/mol. The van der Waals surface area contributed by atoms with Crippen molar-refractivity contribution in [2.45, 2.75) is 26.2 Å². The van der Waals surface area contributed by atoms with Crippen LogP contribution in [0.25, 0.3) is 12.2 Å². The first-order valence-electron chi connectivity index (χ1n) is 8.54. The van der Waals surface area contributed by atoms with E-state index in [1.807, 2.05) is 48.5 Å². The van der Waals surface area contributed by atoms with Crippen LogP contribution >= 0.6 is 0 Å². The average molecular weight is 346 g/mol. The zero-order valence-electron chi connectivity index (χ0n) is 15.2. The molecule has 0 bridgehead atoms. The number of aromatic amines is 2. The SMILES string of the molecule is CC(C)(C)c1cccc(/C=c2\[nH]c(=O)/c(=C/c3ccccc3)[nH]c2=O)c1. The van der Waals surface area contributed by atoms with Crippen LogP contribution in [-0.4, -0.2) is 9.97 Å². The van der Waals surface area contributed by atoms with E-state index in [0.717, 1.165) is 11.1 Å². The molecule has 0 fully saturated rings. The average Bonchev–Trinajstić information content (AvgIpc) is 2.60. The first-order valence-corrected chi connectivity index (χ1v) is 8.54. The van der Waals surface area contributed by atoms with Gasteiger partial charge >= 0.3 is 0 Å². The van der Waals surface area contributed by atoms with Crippen LogP contribution in [-0.2, 0) is 5.41 Å². The van der Waals surface area contributed by atoms with Crippen LogP contribution in [0.5, 0.6) is 0 Å². The molecule has 26 heavy (non-hydrogen) atoms. The normalized spacial score (nSPS) is 13.2. The van der Waals surface area contributed by atoms with Gasteiger partial charge in [-0.3, -0.25) is 9.59 Å². The molecule has 0 unspecified atom stereocenters. The lowest BCUT2D eigenvalue weighted by Crippen LogP contribution is -2.46. The first kappa shape index (κ1) is 17.7. The maximum absolute atomic E-state index is 12.4. The number of hydrogen-bond donors (Lipinski definition) is 2. The molecule has 1 aromatic heterocycles. The van der Waals surface area contributed by atoms with Crippen LogP contribution in [0.2, 0.25) is 0 Å². The molecule has 0 amide bonds. The van der Waals surface area contributed by atoms with Gasteiger partial charge in [0.25, 0.3) is 11.1 Å². The zero-order valence-corrected chi connectivity index (χ0v) is 15.2. The van der Waals surface area contributed by atoms with Crippen molar-refractivity contribution in [3.8, 4) is 0 Å². The highest BCUT2D eigenvalue weighted by atomic mass is 16.1. The highest BCUT2D eigenvalue weighted by Crippen LogP contribution is 2.22. The molecule has 4 heteroatoms. The van der Waals surface area contributed by atoms with Gasteiger partial charge in [-0.05, 0) is 34.3 Å². The third-order valence-corrected chi connectivity index (χ3v) is 4.16. The number of rotatable bonds is 2. The second kappa shape index (κ2) is 7.00. The van der Waals surface area contributed by atoms with Crippen molar-refractivity contribution in [2.75, 3.05) is 0 Å². The molecule has 0 spiro atoms. The van der Waals surface area contributed by atoms with Gasteiger partial charge in [0.1, 0.15) is 10.7 Å². The van der Waals surface area contributed by atoms with Crippen LogP contribution in [0.4, 0.5) is 0 Å². The van der Waals surface area contributed by atoms with Gasteiger partial charge in [0.05, 0.1) is 0 Å². The first-order chi connectivity index (χ1) is 12.3. The number of nitrogens with one attached hydrogen (secondary N) is 2. The van der Waals surface area contributed by atoms with Crippen molar-refractivity contribution in [3.63, 3.8) is 0 Å². The highest BCUT2D eigenvalue weighted by Gasteiger charge is 2.13. The van der Waals surface area contributed by atoms with Crippen molar-refractivity contribution >= 4 is 12.2 Å². The van der Waals surface area contributed by atoms with Gasteiger partial charge in [-0.1, -0.05) is 75.4 Å². The maximum atomic E-state index is 12.4. The summed E-state index contributed by atoms with van der Waals surface area (Å²) >= 11 is 0. The van der Waals surface area contributed by atoms with Crippen LogP contribution in [0.1, 0.15) is 37.5 Å². The fourth-order valence-electron chi connectivity index (χ4n) is 2.67. The van der Waals surface area contributed by atoms with Gasteiger partial charge in [0.2, 0.25) is 0 Å². The number of H-pyrrole nitrogens is 2. The Morgan fingerprint density at radius 2 is 1.27 bits per heavy atom. The second-order valence-corrected chi connectivity index (χ2v) is 7.31. The lowest BCUT2D eigenvalue weighted by Gasteiger charge is -2.19. The van der Waals surface area contributed by atoms with E-state index in [-0.39, 0.29) is 27.2 Å². The van der Waals surface area contributed by atoms with E-state index in [1.54, 1.807) is 12.2 Å². The Morgan fingerprint density at radius 3 is 1.85 bits per heavy atom. The van der Waals surface area contributed by atoms with Gasteiger partial charge in [0.15, 0.2) is 0 Å². The minimum atomic E-state index is -0.327. The lowest BCUT2D eigenvalue weighted by atomic mass is 9.86. The summed E-state index contributed by atoms with van der Waals surface area (Å²) in [5, 5.41) is 0.480. The largest absolute Gasteiger partial charge is 0.316 e. The van der Waals surface area contributed by atoms with Crippen molar-refractivity contribution < 1.29 is 0 Å². The quantitative estimate of drug-likeness (QED) is 0.746. The Kier molecular flexibility index (Phi) is 4.76. The molecule has 0 atom stereocenters. The summed E-state index contributed by atoms with van der Waals surface area (Å²) < 4.78 is 0. The van der Waals surface area contributed by atoms with E-state index < -0.39 is 0 Å². The summed E-state index contributed by atoms with van der Waals surface area (Å²) in [6.07, 6.45) is 3.35. The van der Waals surface area contributed by atoms with Crippen molar-refractivity contribution in [1.82, 2.24) is 9.97 Å². The predicted octanol–water partition coefficient (Wildman–Crippen LogP) is 2.02. The summed E-state index contributed by atoms with van der Waals surface area (Å²) in [5.74, 6) is 0. The second-order valence-electron chi connectivity index (χ2n) is 7.31. The maximum Gasteiger partial charge on any atom is 0.272 e. The molecule has 0 aliphatic rings. The standard InChI is InChI=1S/C22H22N2O2/c1-22(2,3)17-11-7-10-16(12-17)14-19-21(26)23-18(20(25)24-19)13-15-8-5-4-6-9-15/h4-14H,1-3H3,(H,23,26)(H,24,25)/b18-13-,19-14-. The van der Waals surface area contributed by atoms with Crippen LogP contribution in [0.15, 0.2) is 64.2 Å². The van der Waals surface area contributed by atoms with E-state index in [9.17, 15) is 9.59 Å². The van der Waals surface area contributed by atoms with E-state index in [4.69, 9.17) is 0 Å². The summed E-state index contributed by atoms with van der Waals surface area (Å²) in [5.41, 5.74) is 2.25. The summed E-state index contributed by atoms with van der Waals surface area (Å²) in [6, 6.07) is 17.3. The minimum Gasteiger partial charge on any atom is -0.316 e. The molecule has 0 aliphatic carbocycles. The number of benzene rings is 2. The molecule has 0 radical (unpaired) electrons. The van der Waals surface area contributed by atoms with Gasteiger partial charge in [-0.2, -0.15) is 0 Å². The zero-order chi connectivity index (χ0) is 18.7. The van der Waals surface area contributed by atoms with E-state index in [2.05, 4.69) is 36.8 Å². The summed E-state index contributed by atoms with van der Waals surface area (Å²) in [4.78, 5) is 30.1. The molecule has 1 heterocycles. The third-order valence-electron chi connectivity index (χ3n) is 4.16. The molecular formula is C22H22N2O2. The van der Waals surface area contributed by atoms with Gasteiger partial charge in [-0.15, -0.1) is 0 Å². The third kappa shape index (κ3) is 4.09. The summed E-state index contributed by atoms with van der Waals surface area (Å²) in [6.45, 7) is 6.40.